The van der Waals surface area contributed by atoms with Crippen LogP contribution in [-0.2, 0) is 14.8 Å². The van der Waals surface area contributed by atoms with Crippen LogP contribution in [0.1, 0.15) is 26.2 Å². The van der Waals surface area contributed by atoms with Crippen molar-refractivity contribution in [3.63, 3.8) is 0 Å². The number of sulfonamides is 1. The van der Waals surface area contributed by atoms with Crippen molar-refractivity contribution in [3.05, 3.63) is 18.2 Å². The van der Waals surface area contributed by atoms with Crippen molar-refractivity contribution in [2.45, 2.75) is 31.1 Å². The van der Waals surface area contributed by atoms with Crippen LogP contribution in [0.4, 0.5) is 11.4 Å². The Morgan fingerprint density at radius 1 is 1.25 bits per heavy atom. The lowest BCUT2D eigenvalue weighted by molar-refractivity contribution is -0.114. The fourth-order valence-corrected chi connectivity index (χ4v) is 3.81. The molecule has 1 aliphatic heterocycles. The second-order valence-electron chi connectivity index (χ2n) is 4.89. The monoisotopic (exact) mass is 297 g/mol. The van der Waals surface area contributed by atoms with E-state index in [9.17, 15) is 13.2 Å². The third-order valence-corrected chi connectivity index (χ3v) is 5.18. The smallest absolute Gasteiger partial charge is 0.243 e. The zero-order chi connectivity index (χ0) is 14.8. The summed E-state index contributed by atoms with van der Waals surface area (Å²) < 4.78 is 26.4. The molecule has 1 saturated heterocycles. The minimum absolute atomic E-state index is 0.172. The number of nitrogens with two attached hydrogens (primary N) is 1. The van der Waals surface area contributed by atoms with Gasteiger partial charge in [-0.1, -0.05) is 6.42 Å². The van der Waals surface area contributed by atoms with Crippen LogP contribution in [0.2, 0.25) is 0 Å². The number of amides is 1. The molecule has 0 aromatic heterocycles. The molecule has 1 heterocycles. The summed E-state index contributed by atoms with van der Waals surface area (Å²) in [5.74, 6) is -0.247. The molecule has 0 spiro atoms. The van der Waals surface area contributed by atoms with Gasteiger partial charge in [-0.25, -0.2) is 8.42 Å². The van der Waals surface area contributed by atoms with Crippen LogP contribution in [0.25, 0.3) is 0 Å². The molecule has 0 bridgehead atoms. The van der Waals surface area contributed by atoms with Crippen LogP contribution in [0.15, 0.2) is 23.1 Å². The summed E-state index contributed by atoms with van der Waals surface area (Å²) in [6.07, 6.45) is 2.84. The first-order valence-electron chi connectivity index (χ1n) is 6.58. The number of anilines is 2. The standard InChI is InChI=1S/C13H19N3O3S/c1-10(17)15-13-6-5-11(9-12(13)14)20(18,19)16-7-3-2-4-8-16/h5-6,9H,2-4,7-8,14H2,1H3,(H,15,17). The van der Waals surface area contributed by atoms with Crippen molar-refractivity contribution in [2.24, 2.45) is 0 Å². The molecule has 0 radical (unpaired) electrons. The first kappa shape index (κ1) is 14.8. The molecule has 1 aliphatic rings. The number of benzene rings is 1. The second kappa shape index (κ2) is 5.80. The molecule has 2 rings (SSSR count). The summed E-state index contributed by atoms with van der Waals surface area (Å²) in [4.78, 5) is 11.2. The van der Waals surface area contributed by atoms with E-state index in [4.69, 9.17) is 5.73 Å². The summed E-state index contributed by atoms with van der Waals surface area (Å²) >= 11 is 0. The highest BCUT2D eigenvalue weighted by atomic mass is 32.2. The van der Waals surface area contributed by atoms with Crippen LogP contribution in [0, 0.1) is 0 Å². The summed E-state index contributed by atoms with van der Waals surface area (Å²) in [6.45, 7) is 2.48. The number of rotatable bonds is 3. The van der Waals surface area contributed by atoms with Gasteiger partial charge in [0.1, 0.15) is 0 Å². The van der Waals surface area contributed by atoms with Gasteiger partial charge in [-0.15, -0.1) is 0 Å². The van der Waals surface area contributed by atoms with Crippen molar-refractivity contribution in [1.82, 2.24) is 4.31 Å². The Bertz CT molecular complexity index is 607. The van der Waals surface area contributed by atoms with Crippen molar-refractivity contribution in [1.29, 1.82) is 0 Å². The van der Waals surface area contributed by atoms with Gasteiger partial charge in [0, 0.05) is 20.0 Å². The largest absolute Gasteiger partial charge is 0.397 e. The summed E-state index contributed by atoms with van der Waals surface area (Å²) in [5.41, 5.74) is 6.47. The average Bonchev–Trinajstić information content (AvgIpc) is 2.41. The van der Waals surface area contributed by atoms with Crippen molar-refractivity contribution >= 4 is 27.3 Å². The van der Waals surface area contributed by atoms with Gasteiger partial charge in [-0.05, 0) is 31.0 Å². The highest BCUT2D eigenvalue weighted by Gasteiger charge is 2.26. The third-order valence-electron chi connectivity index (χ3n) is 3.29. The molecular formula is C13H19N3O3S. The number of nitrogens with one attached hydrogen (secondary N) is 1. The topological polar surface area (TPSA) is 92.5 Å². The molecule has 3 N–H and O–H groups in total. The Labute approximate surface area is 119 Å². The number of nitrogen functional groups attached to an aromatic ring is 1. The summed E-state index contributed by atoms with van der Waals surface area (Å²) in [7, 11) is -3.49. The lowest BCUT2D eigenvalue weighted by Crippen LogP contribution is -2.35. The van der Waals surface area contributed by atoms with Gasteiger partial charge in [0.25, 0.3) is 0 Å². The summed E-state index contributed by atoms with van der Waals surface area (Å²) in [6, 6.07) is 4.40. The molecule has 1 fully saturated rings. The van der Waals surface area contributed by atoms with Gasteiger partial charge < -0.3 is 11.1 Å². The maximum absolute atomic E-state index is 12.5. The van der Waals surface area contributed by atoms with Gasteiger partial charge in [0.05, 0.1) is 16.3 Å². The molecule has 110 valence electrons. The van der Waals surface area contributed by atoms with Crippen LogP contribution in [-0.4, -0.2) is 31.7 Å². The normalized spacial score (nSPS) is 16.9. The van der Waals surface area contributed by atoms with Crippen molar-refractivity contribution < 1.29 is 13.2 Å². The first-order valence-corrected chi connectivity index (χ1v) is 8.02. The Morgan fingerprint density at radius 3 is 2.45 bits per heavy atom. The van der Waals surface area contributed by atoms with Crippen LogP contribution in [0.5, 0.6) is 0 Å². The van der Waals surface area contributed by atoms with E-state index in [1.54, 1.807) is 0 Å². The maximum Gasteiger partial charge on any atom is 0.243 e. The van der Waals surface area contributed by atoms with Gasteiger partial charge in [-0.2, -0.15) is 4.31 Å². The van der Waals surface area contributed by atoms with E-state index < -0.39 is 10.0 Å². The van der Waals surface area contributed by atoms with Crippen molar-refractivity contribution in [2.75, 3.05) is 24.1 Å². The zero-order valence-electron chi connectivity index (χ0n) is 11.4. The van der Waals surface area contributed by atoms with E-state index >= 15 is 0 Å². The molecule has 1 aromatic rings. The predicted molar refractivity (Wildman–Crippen MR) is 77.8 cm³/mol. The Kier molecular flexibility index (Phi) is 4.29. The number of carbonyl (C=O) groups is 1. The van der Waals surface area contributed by atoms with E-state index in [-0.39, 0.29) is 16.5 Å². The second-order valence-corrected chi connectivity index (χ2v) is 6.83. The third kappa shape index (κ3) is 3.10. The summed E-state index contributed by atoms with van der Waals surface area (Å²) in [5, 5.41) is 2.56. The Morgan fingerprint density at radius 2 is 1.90 bits per heavy atom. The van der Waals surface area contributed by atoms with Crippen LogP contribution >= 0.6 is 0 Å². The van der Waals surface area contributed by atoms with E-state index in [0.717, 1.165) is 19.3 Å². The number of nitrogens with zero attached hydrogens (tertiary/aromatic N) is 1. The van der Waals surface area contributed by atoms with Gasteiger partial charge in [0.15, 0.2) is 0 Å². The predicted octanol–water partition coefficient (Wildman–Crippen LogP) is 1.40. The quantitative estimate of drug-likeness (QED) is 0.825. The lowest BCUT2D eigenvalue weighted by atomic mass is 10.2. The molecule has 0 aliphatic carbocycles. The molecule has 0 unspecified atom stereocenters. The lowest BCUT2D eigenvalue weighted by Gasteiger charge is -2.26. The van der Waals surface area contributed by atoms with Gasteiger partial charge >= 0.3 is 0 Å². The zero-order valence-corrected chi connectivity index (χ0v) is 12.2. The van der Waals surface area contributed by atoms with Gasteiger partial charge in [0.2, 0.25) is 15.9 Å². The molecule has 1 amide bonds. The number of carbonyl (C=O) groups excluding carboxylic acids is 1. The molecule has 6 nitrogen and oxygen atoms in total. The van der Waals surface area contributed by atoms with E-state index in [0.29, 0.717) is 18.8 Å². The number of piperidine rings is 1. The molecule has 7 heteroatoms. The average molecular weight is 297 g/mol. The number of hydrogen-bond acceptors (Lipinski definition) is 4. The molecule has 0 saturated carbocycles. The maximum atomic E-state index is 12.5. The molecule has 0 atom stereocenters. The minimum atomic E-state index is -3.49. The number of hydrogen-bond donors (Lipinski definition) is 2. The first-order chi connectivity index (χ1) is 9.41. The molecular weight excluding hydrogens is 278 g/mol. The van der Waals surface area contributed by atoms with Crippen molar-refractivity contribution in [3.8, 4) is 0 Å². The Hall–Kier alpha value is -1.60. The fraction of sp³-hybridized carbons (Fsp3) is 0.462. The minimum Gasteiger partial charge on any atom is -0.397 e. The Balaban J connectivity index is 2.28. The highest BCUT2D eigenvalue weighted by Crippen LogP contribution is 2.26. The molecule has 20 heavy (non-hydrogen) atoms. The van der Waals surface area contributed by atoms with E-state index in [1.165, 1.54) is 29.4 Å². The van der Waals surface area contributed by atoms with Crippen LogP contribution in [0.3, 0.4) is 0 Å². The van der Waals surface area contributed by atoms with E-state index in [2.05, 4.69) is 5.32 Å². The fourth-order valence-electron chi connectivity index (χ4n) is 2.26. The highest BCUT2D eigenvalue weighted by molar-refractivity contribution is 7.89. The van der Waals surface area contributed by atoms with E-state index in [1.807, 2.05) is 0 Å². The van der Waals surface area contributed by atoms with Gasteiger partial charge in [-0.3, -0.25) is 4.79 Å². The van der Waals surface area contributed by atoms with Crippen LogP contribution < -0.4 is 11.1 Å². The molecule has 1 aromatic carbocycles. The SMILES string of the molecule is CC(=O)Nc1ccc(S(=O)(=O)N2CCCCC2)cc1N.